The smallest absolute Gasteiger partial charge is 0.326 e. The third-order valence-electron chi connectivity index (χ3n) is 4.57. The average molecular weight is 298 g/mol. The molecule has 1 saturated carbocycles. The van der Waals surface area contributed by atoms with Gasteiger partial charge in [0.25, 0.3) is 0 Å². The Hall–Kier alpha value is -0.610. The lowest BCUT2D eigenvalue weighted by Crippen LogP contribution is -2.48. The second-order valence-corrected chi connectivity index (χ2v) is 6.79. The van der Waals surface area contributed by atoms with Crippen LogP contribution in [-0.4, -0.2) is 49.2 Å². The molecule has 124 valence electrons. The van der Waals surface area contributed by atoms with Gasteiger partial charge in [-0.2, -0.15) is 0 Å². The van der Waals surface area contributed by atoms with Crippen molar-refractivity contribution in [1.82, 2.24) is 10.2 Å². The van der Waals surface area contributed by atoms with Crippen LogP contribution in [0.2, 0.25) is 0 Å². The zero-order valence-corrected chi connectivity index (χ0v) is 14.6. The van der Waals surface area contributed by atoms with Gasteiger partial charge < -0.3 is 15.0 Å². The molecule has 1 N–H and O–H groups in total. The largest absolute Gasteiger partial charge is 0.465 e. The monoisotopic (exact) mass is 298 g/mol. The molecular formula is C17H34N2O2. The van der Waals surface area contributed by atoms with Gasteiger partial charge in [0.15, 0.2) is 0 Å². The quantitative estimate of drug-likeness (QED) is 0.470. The standard InChI is InChI=1S/C17H34N2O2/c1-6-21-16(20)17(4,18-5)11-7-8-12-19(14(2)3)13-15-9-10-15/h14-15,18H,6-13H2,1-5H3. The molecule has 0 amide bonds. The highest BCUT2D eigenvalue weighted by Gasteiger charge is 2.32. The van der Waals surface area contributed by atoms with E-state index in [9.17, 15) is 4.79 Å². The fourth-order valence-corrected chi connectivity index (χ4v) is 2.61. The van der Waals surface area contributed by atoms with Gasteiger partial charge in [-0.1, -0.05) is 0 Å². The van der Waals surface area contributed by atoms with Gasteiger partial charge in [0.2, 0.25) is 0 Å². The summed E-state index contributed by atoms with van der Waals surface area (Å²) in [5.74, 6) is 0.806. The molecule has 0 heterocycles. The molecule has 0 aromatic rings. The number of nitrogens with one attached hydrogen (secondary N) is 1. The van der Waals surface area contributed by atoms with Crippen LogP contribution < -0.4 is 5.32 Å². The van der Waals surface area contributed by atoms with E-state index in [2.05, 4.69) is 24.1 Å². The summed E-state index contributed by atoms with van der Waals surface area (Å²) in [6.07, 6.45) is 5.83. The molecular weight excluding hydrogens is 264 g/mol. The van der Waals surface area contributed by atoms with Crippen molar-refractivity contribution in [3.8, 4) is 0 Å². The zero-order chi connectivity index (χ0) is 15.9. The van der Waals surface area contributed by atoms with Crippen molar-refractivity contribution in [1.29, 1.82) is 0 Å². The van der Waals surface area contributed by atoms with Crippen LogP contribution in [0.1, 0.15) is 59.8 Å². The molecule has 1 fully saturated rings. The minimum Gasteiger partial charge on any atom is -0.465 e. The molecule has 1 rings (SSSR count). The fourth-order valence-electron chi connectivity index (χ4n) is 2.61. The van der Waals surface area contributed by atoms with Gasteiger partial charge in [0, 0.05) is 12.6 Å². The molecule has 0 spiro atoms. The van der Waals surface area contributed by atoms with E-state index in [1.54, 1.807) is 0 Å². The van der Waals surface area contributed by atoms with Gasteiger partial charge >= 0.3 is 5.97 Å². The summed E-state index contributed by atoms with van der Waals surface area (Å²) in [4.78, 5) is 14.6. The van der Waals surface area contributed by atoms with E-state index in [1.807, 2.05) is 20.9 Å². The molecule has 0 saturated heterocycles. The predicted octanol–water partition coefficient (Wildman–Crippen LogP) is 2.82. The number of hydrogen-bond donors (Lipinski definition) is 1. The first-order chi connectivity index (χ1) is 9.92. The van der Waals surface area contributed by atoms with Crippen LogP contribution in [0.4, 0.5) is 0 Å². The van der Waals surface area contributed by atoms with Crippen LogP contribution in [0.15, 0.2) is 0 Å². The molecule has 1 unspecified atom stereocenters. The Morgan fingerprint density at radius 3 is 2.52 bits per heavy atom. The van der Waals surface area contributed by atoms with Crippen LogP contribution in [0.25, 0.3) is 0 Å². The van der Waals surface area contributed by atoms with Crippen molar-refractivity contribution >= 4 is 5.97 Å². The number of nitrogens with zero attached hydrogens (tertiary/aromatic N) is 1. The maximum Gasteiger partial charge on any atom is 0.326 e. The van der Waals surface area contributed by atoms with Gasteiger partial charge in [-0.15, -0.1) is 0 Å². The predicted molar refractivity (Wildman–Crippen MR) is 87.4 cm³/mol. The molecule has 0 radical (unpaired) electrons. The van der Waals surface area contributed by atoms with E-state index in [-0.39, 0.29) is 5.97 Å². The maximum absolute atomic E-state index is 12.0. The number of ether oxygens (including phenoxy) is 1. The van der Waals surface area contributed by atoms with Crippen molar-refractivity contribution in [2.45, 2.75) is 71.4 Å². The fraction of sp³-hybridized carbons (Fsp3) is 0.941. The summed E-state index contributed by atoms with van der Waals surface area (Å²) in [7, 11) is 1.84. The SMILES string of the molecule is CCOC(=O)C(C)(CCCCN(CC1CC1)C(C)C)NC. The van der Waals surface area contributed by atoms with Gasteiger partial charge in [0.05, 0.1) is 6.61 Å². The number of likely N-dealkylation sites (N-methyl/N-ethyl adjacent to an activating group) is 1. The molecule has 1 aliphatic rings. The lowest BCUT2D eigenvalue weighted by atomic mass is 9.95. The van der Waals surface area contributed by atoms with E-state index in [0.717, 1.165) is 31.7 Å². The first-order valence-corrected chi connectivity index (χ1v) is 8.53. The highest BCUT2D eigenvalue weighted by atomic mass is 16.5. The van der Waals surface area contributed by atoms with Crippen LogP contribution in [-0.2, 0) is 9.53 Å². The number of unbranched alkanes of at least 4 members (excludes halogenated alkanes) is 1. The third-order valence-corrected chi connectivity index (χ3v) is 4.57. The van der Waals surface area contributed by atoms with E-state index in [0.29, 0.717) is 12.6 Å². The molecule has 4 nitrogen and oxygen atoms in total. The molecule has 21 heavy (non-hydrogen) atoms. The van der Waals surface area contributed by atoms with Gasteiger partial charge in [-0.25, -0.2) is 0 Å². The summed E-state index contributed by atoms with van der Waals surface area (Å²) in [6, 6.07) is 0.617. The first kappa shape index (κ1) is 18.4. The topological polar surface area (TPSA) is 41.6 Å². The van der Waals surface area contributed by atoms with Crippen LogP contribution in [0.3, 0.4) is 0 Å². The Labute approximate surface area is 130 Å². The second-order valence-electron chi connectivity index (χ2n) is 6.79. The summed E-state index contributed by atoms with van der Waals surface area (Å²) in [6.45, 7) is 11.2. The second kappa shape index (κ2) is 8.74. The van der Waals surface area contributed by atoms with Gasteiger partial charge in [0.1, 0.15) is 5.54 Å². The highest BCUT2D eigenvalue weighted by Crippen LogP contribution is 2.30. The lowest BCUT2D eigenvalue weighted by molar-refractivity contribution is -0.150. The molecule has 0 aliphatic heterocycles. The Morgan fingerprint density at radius 2 is 2.05 bits per heavy atom. The van der Waals surface area contributed by atoms with Crippen molar-refractivity contribution in [2.24, 2.45) is 5.92 Å². The summed E-state index contributed by atoms with van der Waals surface area (Å²) >= 11 is 0. The van der Waals surface area contributed by atoms with Crippen molar-refractivity contribution in [3.63, 3.8) is 0 Å². The first-order valence-electron chi connectivity index (χ1n) is 8.53. The minimum atomic E-state index is -0.546. The normalized spacial score (nSPS) is 18.0. The Morgan fingerprint density at radius 1 is 1.38 bits per heavy atom. The highest BCUT2D eigenvalue weighted by molar-refractivity contribution is 5.80. The molecule has 0 aromatic heterocycles. The van der Waals surface area contributed by atoms with E-state index in [1.165, 1.54) is 19.4 Å². The Kier molecular flexibility index (Phi) is 7.67. The summed E-state index contributed by atoms with van der Waals surface area (Å²) in [5, 5.41) is 3.13. The van der Waals surface area contributed by atoms with E-state index in [4.69, 9.17) is 4.74 Å². The zero-order valence-electron chi connectivity index (χ0n) is 14.6. The van der Waals surface area contributed by atoms with E-state index < -0.39 is 5.54 Å². The number of carbonyl (C=O) groups is 1. The van der Waals surface area contributed by atoms with E-state index >= 15 is 0 Å². The Bertz CT molecular complexity index is 316. The number of rotatable bonds is 11. The molecule has 0 bridgehead atoms. The minimum absolute atomic E-state index is 0.133. The van der Waals surface area contributed by atoms with Crippen molar-refractivity contribution in [2.75, 3.05) is 26.7 Å². The molecule has 0 aromatic carbocycles. The van der Waals surface area contributed by atoms with Crippen LogP contribution in [0.5, 0.6) is 0 Å². The molecule has 1 aliphatic carbocycles. The number of esters is 1. The Balaban J connectivity index is 2.30. The number of carbonyl (C=O) groups excluding carboxylic acids is 1. The average Bonchev–Trinajstić information content (AvgIpc) is 3.25. The maximum atomic E-state index is 12.0. The summed E-state index contributed by atoms with van der Waals surface area (Å²) < 4.78 is 5.16. The molecule has 1 atom stereocenters. The van der Waals surface area contributed by atoms with Crippen LogP contribution in [0, 0.1) is 5.92 Å². The van der Waals surface area contributed by atoms with Crippen molar-refractivity contribution < 1.29 is 9.53 Å². The third kappa shape index (κ3) is 6.35. The lowest BCUT2D eigenvalue weighted by Gasteiger charge is -2.29. The van der Waals surface area contributed by atoms with Gasteiger partial charge in [-0.3, -0.25) is 4.79 Å². The van der Waals surface area contributed by atoms with Gasteiger partial charge in [-0.05, 0) is 79.3 Å². The molecule has 4 heteroatoms. The van der Waals surface area contributed by atoms with Crippen molar-refractivity contribution in [3.05, 3.63) is 0 Å². The van der Waals surface area contributed by atoms with Crippen LogP contribution >= 0.6 is 0 Å². The number of hydrogen-bond acceptors (Lipinski definition) is 4. The summed E-state index contributed by atoms with van der Waals surface area (Å²) in [5.41, 5.74) is -0.546.